The number of fused-ring (bicyclic) bond motifs is 4. The largest absolute Gasteiger partial charge is 0.490 e. The van der Waals surface area contributed by atoms with Crippen molar-refractivity contribution in [3.63, 3.8) is 0 Å². The lowest BCUT2D eigenvalue weighted by Crippen LogP contribution is -2.54. The molecule has 7 heteroatoms. The van der Waals surface area contributed by atoms with Gasteiger partial charge in [-0.15, -0.1) is 0 Å². The van der Waals surface area contributed by atoms with Gasteiger partial charge >= 0.3 is 0 Å². The monoisotopic (exact) mass is 399 g/mol. The summed E-state index contributed by atoms with van der Waals surface area (Å²) in [4.78, 5) is 8.95. The van der Waals surface area contributed by atoms with E-state index in [-0.39, 0.29) is 18.0 Å². The first-order chi connectivity index (χ1) is 13.4. The summed E-state index contributed by atoms with van der Waals surface area (Å²) in [6, 6.07) is 8.10. The number of rotatable bonds is 1. The van der Waals surface area contributed by atoms with Crippen LogP contribution in [0.4, 0.5) is 0 Å². The third-order valence-corrected chi connectivity index (χ3v) is 6.41. The maximum absolute atomic E-state index is 10.7. The molecular formula is C21H22ClN3O3. The van der Waals surface area contributed by atoms with Gasteiger partial charge in [0.25, 0.3) is 6.02 Å². The predicted octanol–water partition coefficient (Wildman–Crippen LogP) is 3.25. The van der Waals surface area contributed by atoms with Crippen LogP contribution in [0.5, 0.6) is 5.75 Å². The Morgan fingerprint density at radius 1 is 1.25 bits per heavy atom. The molecule has 3 heterocycles. The van der Waals surface area contributed by atoms with Crippen molar-refractivity contribution < 1.29 is 14.6 Å². The molecular weight excluding hydrogens is 378 g/mol. The summed E-state index contributed by atoms with van der Waals surface area (Å²) in [6.07, 6.45) is 5.42. The zero-order chi connectivity index (χ0) is 19.5. The number of benzene rings is 1. The number of hydrogen-bond donors (Lipinski definition) is 2. The minimum Gasteiger partial charge on any atom is -0.490 e. The van der Waals surface area contributed by atoms with Gasteiger partial charge in [-0.1, -0.05) is 17.7 Å². The molecule has 1 spiro atoms. The van der Waals surface area contributed by atoms with Crippen molar-refractivity contribution in [2.24, 2.45) is 16.6 Å². The molecule has 0 bridgehead atoms. The van der Waals surface area contributed by atoms with Crippen LogP contribution in [0.15, 0.2) is 41.7 Å². The van der Waals surface area contributed by atoms with Crippen LogP contribution in [-0.4, -0.2) is 34.4 Å². The van der Waals surface area contributed by atoms with Crippen molar-refractivity contribution in [3.05, 3.63) is 47.2 Å². The third kappa shape index (κ3) is 2.74. The zero-order valence-corrected chi connectivity index (χ0v) is 16.3. The Hall–Kier alpha value is -2.31. The molecule has 0 saturated heterocycles. The van der Waals surface area contributed by atoms with Gasteiger partial charge in [-0.3, -0.25) is 4.98 Å². The second kappa shape index (κ2) is 6.09. The first-order valence-corrected chi connectivity index (χ1v) is 9.87. The van der Waals surface area contributed by atoms with E-state index < -0.39 is 11.1 Å². The highest BCUT2D eigenvalue weighted by atomic mass is 35.5. The van der Waals surface area contributed by atoms with Crippen LogP contribution in [-0.2, 0) is 10.3 Å². The number of amidine groups is 1. The Labute approximate surface area is 168 Å². The molecule has 146 valence electrons. The molecule has 6 nitrogen and oxygen atoms in total. The quantitative estimate of drug-likeness (QED) is 0.768. The standard InChI is InChI=1S/C21H22ClN3O3/c1-20(26)5-4-18-16(8-20)21(11-27-19(23)25-21)15-7-12(2-3-17(15)28-18)13-6-14(22)10-24-9-13/h2-3,6-7,9-10,16,18,26H,4-5,8,11H2,1H3,(H2,23,25)/t16-,18?,20?,21-/m0/s1. The van der Waals surface area contributed by atoms with E-state index in [9.17, 15) is 5.11 Å². The highest BCUT2D eigenvalue weighted by Crippen LogP contribution is 2.54. The molecule has 1 aromatic heterocycles. The summed E-state index contributed by atoms with van der Waals surface area (Å²) in [7, 11) is 0. The lowest BCUT2D eigenvalue weighted by Gasteiger charge is -2.49. The number of pyridine rings is 1. The van der Waals surface area contributed by atoms with E-state index in [2.05, 4.69) is 11.1 Å². The van der Waals surface area contributed by atoms with Crippen molar-refractivity contribution >= 4 is 17.6 Å². The van der Waals surface area contributed by atoms with Crippen LogP contribution in [0.2, 0.25) is 5.02 Å². The second-order valence-electron chi connectivity index (χ2n) is 8.27. The summed E-state index contributed by atoms with van der Waals surface area (Å²) in [5.41, 5.74) is 7.36. The molecule has 5 rings (SSSR count). The second-order valence-corrected chi connectivity index (χ2v) is 8.70. The molecule has 1 saturated carbocycles. The molecule has 4 atom stereocenters. The van der Waals surface area contributed by atoms with Gasteiger partial charge in [0.05, 0.1) is 10.6 Å². The topological polar surface area (TPSA) is 90.0 Å². The summed E-state index contributed by atoms with van der Waals surface area (Å²) >= 11 is 6.13. The number of nitrogens with zero attached hydrogens (tertiary/aromatic N) is 2. The Morgan fingerprint density at radius 2 is 2.11 bits per heavy atom. The van der Waals surface area contributed by atoms with E-state index >= 15 is 0 Å². The number of aromatic nitrogens is 1. The number of ether oxygens (including phenoxy) is 2. The van der Waals surface area contributed by atoms with Gasteiger partial charge in [0.15, 0.2) is 0 Å². The zero-order valence-electron chi connectivity index (χ0n) is 15.6. The van der Waals surface area contributed by atoms with Crippen LogP contribution in [0.1, 0.15) is 31.7 Å². The van der Waals surface area contributed by atoms with Crippen molar-refractivity contribution in [1.29, 1.82) is 0 Å². The average Bonchev–Trinajstić information content (AvgIpc) is 3.05. The number of aliphatic imine (C=N–C) groups is 1. The molecule has 1 fully saturated rings. The molecule has 3 aliphatic rings. The fraction of sp³-hybridized carbons (Fsp3) is 0.429. The highest BCUT2D eigenvalue weighted by Gasteiger charge is 2.57. The average molecular weight is 400 g/mol. The van der Waals surface area contributed by atoms with Crippen molar-refractivity contribution in [1.82, 2.24) is 4.98 Å². The smallest absolute Gasteiger partial charge is 0.283 e. The summed E-state index contributed by atoms with van der Waals surface area (Å²) in [5, 5.41) is 11.3. The van der Waals surface area contributed by atoms with Gasteiger partial charge in [-0.2, -0.15) is 0 Å². The van der Waals surface area contributed by atoms with Gasteiger partial charge < -0.3 is 20.3 Å². The normalized spacial score (nSPS) is 33.5. The summed E-state index contributed by atoms with van der Waals surface area (Å²) in [6.45, 7) is 2.23. The maximum Gasteiger partial charge on any atom is 0.283 e. The van der Waals surface area contributed by atoms with Gasteiger partial charge in [0.2, 0.25) is 0 Å². The summed E-state index contributed by atoms with van der Waals surface area (Å²) < 4.78 is 12.0. The molecule has 0 radical (unpaired) electrons. The van der Waals surface area contributed by atoms with E-state index in [1.807, 2.05) is 25.1 Å². The Morgan fingerprint density at radius 3 is 2.86 bits per heavy atom. The molecule has 1 aromatic carbocycles. The van der Waals surface area contributed by atoms with Gasteiger partial charge in [0.1, 0.15) is 24.0 Å². The first kappa shape index (κ1) is 17.8. The number of nitrogens with two attached hydrogens (primary N) is 1. The fourth-order valence-corrected chi connectivity index (χ4v) is 5.01. The van der Waals surface area contributed by atoms with Gasteiger partial charge in [-0.25, -0.2) is 4.99 Å². The van der Waals surface area contributed by atoms with E-state index in [0.717, 1.165) is 28.9 Å². The molecule has 2 unspecified atom stereocenters. The van der Waals surface area contributed by atoms with Crippen LogP contribution in [0.25, 0.3) is 11.1 Å². The van der Waals surface area contributed by atoms with E-state index in [0.29, 0.717) is 24.5 Å². The Balaban J connectivity index is 1.66. The maximum atomic E-state index is 10.7. The van der Waals surface area contributed by atoms with E-state index in [1.54, 1.807) is 12.4 Å². The number of aliphatic hydroxyl groups is 1. The molecule has 28 heavy (non-hydrogen) atoms. The van der Waals surface area contributed by atoms with Gasteiger partial charge in [-0.05, 0) is 49.9 Å². The van der Waals surface area contributed by atoms with Crippen molar-refractivity contribution in [2.45, 2.75) is 43.4 Å². The minimum atomic E-state index is -0.754. The highest BCUT2D eigenvalue weighted by molar-refractivity contribution is 6.30. The summed E-state index contributed by atoms with van der Waals surface area (Å²) in [5.74, 6) is 0.779. The lowest BCUT2D eigenvalue weighted by atomic mass is 9.64. The molecule has 2 aliphatic heterocycles. The Kier molecular flexibility index (Phi) is 3.87. The van der Waals surface area contributed by atoms with Crippen molar-refractivity contribution in [2.75, 3.05) is 6.61 Å². The fourth-order valence-electron chi connectivity index (χ4n) is 4.84. The first-order valence-electron chi connectivity index (χ1n) is 9.49. The number of halogens is 1. The minimum absolute atomic E-state index is 0.0162. The van der Waals surface area contributed by atoms with Crippen LogP contribution in [0.3, 0.4) is 0 Å². The molecule has 2 aromatic rings. The molecule has 1 aliphatic carbocycles. The van der Waals surface area contributed by atoms with Crippen LogP contribution < -0.4 is 10.5 Å². The predicted molar refractivity (Wildman–Crippen MR) is 106 cm³/mol. The molecule has 0 amide bonds. The Bertz CT molecular complexity index is 977. The van der Waals surface area contributed by atoms with Crippen molar-refractivity contribution in [3.8, 4) is 16.9 Å². The van der Waals surface area contributed by atoms with Crippen LogP contribution >= 0.6 is 11.6 Å². The van der Waals surface area contributed by atoms with Crippen LogP contribution in [0, 0.1) is 5.92 Å². The van der Waals surface area contributed by atoms with Gasteiger partial charge in [0, 0.05) is 29.4 Å². The lowest BCUT2D eigenvalue weighted by molar-refractivity contribution is -0.0805. The van der Waals surface area contributed by atoms with E-state index in [4.69, 9.17) is 31.8 Å². The van der Waals surface area contributed by atoms with E-state index in [1.165, 1.54) is 0 Å². The molecule has 3 N–H and O–H groups in total. The SMILES string of the molecule is CC1(O)CCC2Oc3ccc(-c4cncc(Cl)c4)cc3[C@@]3(COC(N)=N3)[C@H]2C1. The number of hydrogen-bond acceptors (Lipinski definition) is 6. The third-order valence-electron chi connectivity index (χ3n) is 6.20.